The zero-order valence-corrected chi connectivity index (χ0v) is 17.6. The van der Waals surface area contributed by atoms with Crippen LogP contribution in [0.3, 0.4) is 0 Å². The van der Waals surface area contributed by atoms with E-state index in [9.17, 15) is 4.79 Å². The van der Waals surface area contributed by atoms with Gasteiger partial charge in [-0.2, -0.15) is 0 Å². The molecule has 0 atom stereocenters. The Bertz CT molecular complexity index is 1000. The zero-order chi connectivity index (χ0) is 20.8. The van der Waals surface area contributed by atoms with Crippen molar-refractivity contribution in [2.45, 2.75) is 33.2 Å². The number of halogens is 1. The van der Waals surface area contributed by atoms with E-state index in [1.165, 1.54) is 6.08 Å². The quantitative estimate of drug-likeness (QED) is 0.413. The Kier molecular flexibility index (Phi) is 6.94. The first-order valence-electron chi connectivity index (χ1n) is 9.73. The van der Waals surface area contributed by atoms with E-state index in [2.05, 4.69) is 22.5 Å². The molecule has 5 nitrogen and oxygen atoms in total. The van der Waals surface area contributed by atoms with Crippen molar-refractivity contribution in [3.8, 4) is 5.75 Å². The lowest BCUT2D eigenvalue weighted by atomic mass is 10.1. The van der Waals surface area contributed by atoms with Crippen LogP contribution in [0.1, 0.15) is 23.4 Å². The second-order valence-corrected chi connectivity index (χ2v) is 7.36. The number of fused-ring (bicyclic) bond motifs is 1. The van der Waals surface area contributed by atoms with E-state index in [0.29, 0.717) is 19.7 Å². The number of nitrogens with one attached hydrogen (secondary N) is 1. The third-order valence-corrected chi connectivity index (χ3v) is 5.39. The first kappa shape index (κ1) is 20.9. The van der Waals surface area contributed by atoms with E-state index in [1.54, 1.807) is 0 Å². The van der Waals surface area contributed by atoms with Crippen molar-refractivity contribution < 1.29 is 9.53 Å². The van der Waals surface area contributed by atoms with Crippen molar-refractivity contribution in [1.29, 1.82) is 0 Å². The lowest BCUT2D eigenvalue weighted by Gasteiger charge is -2.13. The molecule has 1 N–H and O–H groups in total. The molecule has 0 aliphatic carbocycles. The van der Waals surface area contributed by atoms with Crippen molar-refractivity contribution in [2.24, 2.45) is 0 Å². The van der Waals surface area contributed by atoms with Gasteiger partial charge in [-0.15, -0.1) is 0 Å². The zero-order valence-electron chi connectivity index (χ0n) is 16.9. The van der Waals surface area contributed by atoms with Gasteiger partial charge in [-0.25, -0.2) is 4.98 Å². The molecular formula is C23H26ClN3O2. The van der Waals surface area contributed by atoms with E-state index in [0.717, 1.165) is 51.6 Å². The second-order valence-electron chi connectivity index (χ2n) is 6.99. The number of imidazole rings is 1. The standard InChI is InChI=1S/C23H26ClN3O2/c1-4-22(28)25-11-7-10-21-26-19-8-5-6-9-20(19)27(21)12-13-29-18-14-16(2)23(24)17(3)15-18/h4-6,8-9,14-15H,1,7,10-13H2,2-3H3,(H,25,28). The fraction of sp³-hybridized carbons (Fsp3) is 0.304. The number of hydrogen-bond acceptors (Lipinski definition) is 3. The van der Waals surface area contributed by atoms with Crippen LogP contribution in [0.5, 0.6) is 5.75 Å². The summed E-state index contributed by atoms with van der Waals surface area (Å²) in [6.45, 7) is 9.24. The molecule has 0 unspecified atom stereocenters. The van der Waals surface area contributed by atoms with E-state index in [4.69, 9.17) is 21.3 Å². The van der Waals surface area contributed by atoms with Gasteiger partial charge >= 0.3 is 0 Å². The molecule has 0 spiro atoms. The summed E-state index contributed by atoms with van der Waals surface area (Å²) in [7, 11) is 0. The predicted octanol–water partition coefficient (Wildman–Crippen LogP) is 4.62. The molecular weight excluding hydrogens is 386 g/mol. The van der Waals surface area contributed by atoms with E-state index >= 15 is 0 Å². The Labute approximate surface area is 176 Å². The Hall–Kier alpha value is -2.79. The maximum Gasteiger partial charge on any atom is 0.243 e. The highest BCUT2D eigenvalue weighted by molar-refractivity contribution is 6.32. The SMILES string of the molecule is C=CC(=O)NCCCc1nc2ccccc2n1CCOc1cc(C)c(Cl)c(C)c1. The lowest BCUT2D eigenvalue weighted by Crippen LogP contribution is -2.22. The molecule has 3 rings (SSSR count). The van der Waals surface area contributed by atoms with Crippen LogP contribution in [-0.4, -0.2) is 28.6 Å². The first-order chi connectivity index (χ1) is 14.0. The molecule has 0 bridgehead atoms. The number of benzene rings is 2. The van der Waals surface area contributed by atoms with Crippen LogP contribution in [0, 0.1) is 13.8 Å². The lowest BCUT2D eigenvalue weighted by molar-refractivity contribution is -0.116. The van der Waals surface area contributed by atoms with Crippen LogP contribution in [0.25, 0.3) is 11.0 Å². The first-order valence-corrected chi connectivity index (χ1v) is 10.1. The molecule has 0 radical (unpaired) electrons. The third-order valence-electron chi connectivity index (χ3n) is 4.79. The largest absolute Gasteiger partial charge is 0.492 e. The minimum Gasteiger partial charge on any atom is -0.492 e. The number of rotatable bonds is 9. The summed E-state index contributed by atoms with van der Waals surface area (Å²) in [6, 6.07) is 12.0. The Morgan fingerprint density at radius 1 is 1.28 bits per heavy atom. The number of carbonyl (C=O) groups excluding carboxylic acids is 1. The molecule has 0 saturated carbocycles. The van der Waals surface area contributed by atoms with Crippen molar-refractivity contribution in [1.82, 2.24) is 14.9 Å². The van der Waals surface area contributed by atoms with Gasteiger partial charge < -0.3 is 14.6 Å². The fourth-order valence-corrected chi connectivity index (χ4v) is 3.45. The molecule has 1 amide bonds. The number of nitrogens with zero attached hydrogens (tertiary/aromatic N) is 2. The number of aromatic nitrogens is 2. The Morgan fingerprint density at radius 2 is 2.00 bits per heavy atom. The van der Waals surface area contributed by atoms with Crippen molar-refractivity contribution >= 4 is 28.5 Å². The van der Waals surface area contributed by atoms with Gasteiger partial charge in [0, 0.05) is 18.0 Å². The molecule has 0 fully saturated rings. The number of carbonyl (C=O) groups is 1. The van der Waals surface area contributed by atoms with E-state index in [-0.39, 0.29) is 5.91 Å². The molecule has 1 heterocycles. The number of amides is 1. The maximum atomic E-state index is 11.3. The van der Waals surface area contributed by atoms with Gasteiger partial charge in [0.15, 0.2) is 0 Å². The van der Waals surface area contributed by atoms with Gasteiger partial charge in [0.1, 0.15) is 18.2 Å². The number of hydrogen-bond donors (Lipinski definition) is 1. The average molecular weight is 412 g/mol. The minimum absolute atomic E-state index is 0.152. The molecule has 0 aliphatic rings. The van der Waals surface area contributed by atoms with Crippen molar-refractivity contribution in [3.05, 3.63) is 71.0 Å². The summed E-state index contributed by atoms with van der Waals surface area (Å²) in [5, 5.41) is 3.59. The molecule has 6 heteroatoms. The van der Waals surface area contributed by atoms with Crippen LogP contribution in [0.4, 0.5) is 0 Å². The molecule has 29 heavy (non-hydrogen) atoms. The average Bonchev–Trinajstić information content (AvgIpc) is 3.06. The highest BCUT2D eigenvalue weighted by Crippen LogP contribution is 2.26. The maximum absolute atomic E-state index is 11.3. The molecule has 1 aromatic heterocycles. The van der Waals surface area contributed by atoms with Gasteiger partial charge in [0.2, 0.25) is 5.91 Å². The smallest absolute Gasteiger partial charge is 0.243 e. The highest BCUT2D eigenvalue weighted by Gasteiger charge is 2.11. The Morgan fingerprint density at radius 3 is 2.72 bits per heavy atom. The molecule has 0 aliphatic heterocycles. The summed E-state index contributed by atoms with van der Waals surface area (Å²) in [4.78, 5) is 16.1. The predicted molar refractivity (Wildman–Crippen MR) is 118 cm³/mol. The van der Waals surface area contributed by atoms with E-state index in [1.807, 2.05) is 44.2 Å². The fourth-order valence-electron chi connectivity index (χ4n) is 3.34. The van der Waals surface area contributed by atoms with Crippen LogP contribution in [-0.2, 0) is 17.8 Å². The minimum atomic E-state index is -0.152. The third kappa shape index (κ3) is 5.18. The summed E-state index contributed by atoms with van der Waals surface area (Å²) < 4.78 is 8.19. The molecule has 3 aromatic rings. The topological polar surface area (TPSA) is 56.2 Å². The van der Waals surface area contributed by atoms with Gasteiger partial charge in [-0.05, 0) is 61.7 Å². The van der Waals surface area contributed by atoms with Crippen LogP contribution >= 0.6 is 11.6 Å². The van der Waals surface area contributed by atoms with Crippen LogP contribution < -0.4 is 10.1 Å². The summed E-state index contributed by atoms with van der Waals surface area (Å²) in [5.74, 6) is 1.66. The van der Waals surface area contributed by atoms with Crippen molar-refractivity contribution in [3.63, 3.8) is 0 Å². The van der Waals surface area contributed by atoms with Gasteiger partial charge in [0.25, 0.3) is 0 Å². The summed E-state index contributed by atoms with van der Waals surface area (Å²) >= 11 is 6.24. The molecule has 152 valence electrons. The second kappa shape index (κ2) is 9.61. The highest BCUT2D eigenvalue weighted by atomic mass is 35.5. The monoisotopic (exact) mass is 411 g/mol. The number of ether oxygens (including phenoxy) is 1. The van der Waals surface area contributed by atoms with Crippen LogP contribution in [0.15, 0.2) is 49.1 Å². The van der Waals surface area contributed by atoms with Gasteiger partial charge in [-0.3, -0.25) is 4.79 Å². The molecule has 0 saturated heterocycles. The van der Waals surface area contributed by atoms with Gasteiger partial charge in [0.05, 0.1) is 17.6 Å². The normalized spacial score (nSPS) is 10.9. The van der Waals surface area contributed by atoms with E-state index < -0.39 is 0 Å². The number of aryl methyl sites for hydroxylation is 3. The number of para-hydroxylation sites is 2. The summed E-state index contributed by atoms with van der Waals surface area (Å²) in [6.07, 6.45) is 2.86. The Balaban J connectivity index is 1.68. The van der Waals surface area contributed by atoms with Crippen LogP contribution in [0.2, 0.25) is 5.02 Å². The van der Waals surface area contributed by atoms with Crippen molar-refractivity contribution in [2.75, 3.05) is 13.2 Å². The molecule has 2 aromatic carbocycles. The summed E-state index contributed by atoms with van der Waals surface area (Å²) in [5.41, 5.74) is 4.08. The van der Waals surface area contributed by atoms with Gasteiger partial charge in [-0.1, -0.05) is 30.3 Å².